The van der Waals surface area contributed by atoms with Crippen LogP contribution in [0.4, 0.5) is 0 Å². The third-order valence-corrected chi connectivity index (χ3v) is 7.54. The molecule has 0 aliphatic carbocycles. The minimum atomic E-state index is 0.0531. The van der Waals surface area contributed by atoms with E-state index in [9.17, 15) is 4.79 Å². The van der Waals surface area contributed by atoms with E-state index in [0.717, 1.165) is 57.3 Å². The molecule has 0 spiro atoms. The van der Waals surface area contributed by atoms with E-state index in [1.165, 1.54) is 0 Å². The molecule has 2 N–H and O–H groups in total. The van der Waals surface area contributed by atoms with Gasteiger partial charge in [0.15, 0.2) is 23.0 Å². The Morgan fingerprint density at radius 1 is 1.05 bits per heavy atom. The van der Waals surface area contributed by atoms with E-state index in [0.29, 0.717) is 48.4 Å². The second kappa shape index (κ2) is 14.3. The van der Waals surface area contributed by atoms with Crippen molar-refractivity contribution in [1.29, 1.82) is 0 Å². The highest BCUT2D eigenvalue weighted by molar-refractivity contribution is 5.78. The van der Waals surface area contributed by atoms with Gasteiger partial charge in [-0.3, -0.25) is 9.69 Å². The highest BCUT2D eigenvalue weighted by atomic mass is 16.7. The van der Waals surface area contributed by atoms with E-state index in [4.69, 9.17) is 29.4 Å². The van der Waals surface area contributed by atoms with Crippen LogP contribution in [0, 0.1) is 0 Å². The van der Waals surface area contributed by atoms with E-state index < -0.39 is 0 Å². The zero-order valence-corrected chi connectivity index (χ0v) is 23.5. The third kappa shape index (κ3) is 7.28. The summed E-state index contributed by atoms with van der Waals surface area (Å²) in [5.41, 5.74) is 6.82. The van der Waals surface area contributed by atoms with Crippen LogP contribution in [0.1, 0.15) is 50.5 Å². The summed E-state index contributed by atoms with van der Waals surface area (Å²) in [5, 5.41) is 0. The molecule has 9 heteroatoms. The van der Waals surface area contributed by atoms with Crippen LogP contribution in [0.3, 0.4) is 0 Å². The van der Waals surface area contributed by atoms with Crippen molar-refractivity contribution in [3.05, 3.63) is 42.0 Å². The van der Waals surface area contributed by atoms with Crippen LogP contribution in [0.2, 0.25) is 0 Å². The fraction of sp³-hybridized carbons (Fsp3) is 0.567. The molecule has 2 aromatic carbocycles. The molecule has 9 nitrogen and oxygen atoms in total. The Labute approximate surface area is 232 Å². The van der Waals surface area contributed by atoms with Crippen molar-refractivity contribution in [1.82, 2.24) is 9.80 Å². The van der Waals surface area contributed by atoms with Gasteiger partial charge in [0.05, 0.1) is 20.8 Å². The molecule has 1 amide bonds. The van der Waals surface area contributed by atoms with Crippen molar-refractivity contribution < 1.29 is 28.5 Å². The average molecular weight is 542 g/mol. The second-order valence-electron chi connectivity index (χ2n) is 10.2. The number of benzene rings is 2. The standard InChI is InChI=1S/C30H43N3O6/c1-4-5-13-32(14-9-8-12-31)29(34)19-33-18-23(22-16-27(36-3)30-28(17-22)38-21-39-30)15-24(33)20-37-26-11-7-6-10-25(26)35-2/h6-7,10-11,16-17,23-24H,4-5,8-9,12-15,18-21,31H2,1-3H3/t23?,24-/m1/s1. The lowest BCUT2D eigenvalue weighted by atomic mass is 9.95. The molecule has 39 heavy (non-hydrogen) atoms. The summed E-state index contributed by atoms with van der Waals surface area (Å²) in [6.45, 7) is 6.04. The molecule has 2 aliphatic heterocycles. The Bertz CT molecular complexity index is 1080. The van der Waals surface area contributed by atoms with Gasteiger partial charge in [0.25, 0.3) is 0 Å². The zero-order valence-electron chi connectivity index (χ0n) is 23.5. The molecule has 0 bridgehead atoms. The van der Waals surface area contributed by atoms with Crippen molar-refractivity contribution in [2.75, 3.05) is 60.3 Å². The van der Waals surface area contributed by atoms with Gasteiger partial charge in [-0.05, 0) is 68.0 Å². The lowest BCUT2D eigenvalue weighted by molar-refractivity contribution is -0.133. The number of hydrogen-bond donors (Lipinski definition) is 1. The third-order valence-electron chi connectivity index (χ3n) is 7.54. The van der Waals surface area contributed by atoms with Gasteiger partial charge in [-0.1, -0.05) is 25.5 Å². The Morgan fingerprint density at radius 2 is 1.82 bits per heavy atom. The molecule has 1 unspecified atom stereocenters. The normalized spacial score (nSPS) is 18.3. The first-order valence-corrected chi connectivity index (χ1v) is 14.0. The maximum absolute atomic E-state index is 13.6. The van der Waals surface area contributed by atoms with Gasteiger partial charge in [-0.15, -0.1) is 0 Å². The number of para-hydroxylation sites is 2. The molecule has 214 valence electrons. The van der Waals surface area contributed by atoms with Gasteiger partial charge >= 0.3 is 0 Å². The number of amides is 1. The molecule has 2 aromatic rings. The van der Waals surface area contributed by atoms with Crippen LogP contribution >= 0.6 is 0 Å². The summed E-state index contributed by atoms with van der Waals surface area (Å²) in [7, 11) is 3.28. The number of hydrogen-bond acceptors (Lipinski definition) is 8. The Hall–Kier alpha value is -3.17. The number of methoxy groups -OCH3 is 2. The van der Waals surface area contributed by atoms with Crippen LogP contribution in [-0.2, 0) is 4.79 Å². The van der Waals surface area contributed by atoms with Gasteiger partial charge in [0.1, 0.15) is 6.61 Å². The zero-order chi connectivity index (χ0) is 27.6. The van der Waals surface area contributed by atoms with Gasteiger partial charge in [-0.25, -0.2) is 0 Å². The average Bonchev–Trinajstić information content (AvgIpc) is 3.60. The Morgan fingerprint density at radius 3 is 2.56 bits per heavy atom. The fourth-order valence-electron chi connectivity index (χ4n) is 5.33. The highest BCUT2D eigenvalue weighted by Crippen LogP contribution is 2.45. The Kier molecular flexibility index (Phi) is 10.6. The number of carbonyl (C=O) groups is 1. The summed E-state index contributed by atoms with van der Waals surface area (Å²) in [5.74, 6) is 3.76. The molecule has 1 saturated heterocycles. The van der Waals surface area contributed by atoms with Crippen LogP contribution in [0.15, 0.2) is 36.4 Å². The first-order chi connectivity index (χ1) is 19.1. The molecular formula is C30H43N3O6. The summed E-state index contributed by atoms with van der Waals surface area (Å²) < 4.78 is 28.6. The summed E-state index contributed by atoms with van der Waals surface area (Å²) in [4.78, 5) is 17.8. The maximum Gasteiger partial charge on any atom is 0.236 e. The monoisotopic (exact) mass is 541 g/mol. The van der Waals surface area contributed by atoms with Crippen molar-refractivity contribution in [3.8, 4) is 28.7 Å². The van der Waals surface area contributed by atoms with E-state index in [1.807, 2.05) is 41.3 Å². The number of nitrogens with zero attached hydrogens (tertiary/aromatic N) is 2. The molecule has 1 fully saturated rings. The number of nitrogens with two attached hydrogens (primary N) is 1. The Balaban J connectivity index is 1.52. The van der Waals surface area contributed by atoms with Gasteiger partial charge < -0.3 is 34.3 Å². The van der Waals surface area contributed by atoms with E-state index in [1.54, 1.807) is 14.2 Å². The van der Waals surface area contributed by atoms with Gasteiger partial charge in [0, 0.05) is 25.7 Å². The molecular weight excluding hydrogens is 498 g/mol. The quantitative estimate of drug-likeness (QED) is 0.338. The smallest absolute Gasteiger partial charge is 0.236 e. The molecule has 2 atom stereocenters. The maximum atomic E-state index is 13.6. The minimum absolute atomic E-state index is 0.0531. The molecule has 4 rings (SSSR count). The second-order valence-corrected chi connectivity index (χ2v) is 10.2. The predicted molar refractivity (Wildman–Crippen MR) is 150 cm³/mol. The van der Waals surface area contributed by atoms with Gasteiger partial charge in [-0.2, -0.15) is 0 Å². The van der Waals surface area contributed by atoms with Crippen LogP contribution in [0.5, 0.6) is 28.7 Å². The summed E-state index contributed by atoms with van der Waals surface area (Å²) >= 11 is 0. The van der Waals surface area contributed by atoms with Crippen molar-refractivity contribution >= 4 is 5.91 Å². The van der Waals surface area contributed by atoms with Gasteiger partial charge in [0.2, 0.25) is 18.4 Å². The van der Waals surface area contributed by atoms with Crippen molar-refractivity contribution in [3.63, 3.8) is 0 Å². The van der Waals surface area contributed by atoms with E-state index in [-0.39, 0.29) is 24.7 Å². The first-order valence-electron chi connectivity index (χ1n) is 14.0. The molecule has 0 radical (unpaired) electrons. The largest absolute Gasteiger partial charge is 0.493 e. The summed E-state index contributed by atoms with van der Waals surface area (Å²) in [6, 6.07) is 11.8. The summed E-state index contributed by atoms with van der Waals surface area (Å²) in [6.07, 6.45) is 4.73. The van der Waals surface area contributed by atoms with E-state index >= 15 is 0 Å². The molecule has 2 heterocycles. The number of carbonyl (C=O) groups excluding carboxylic acids is 1. The first kappa shape index (κ1) is 28.8. The highest BCUT2D eigenvalue weighted by Gasteiger charge is 2.36. The number of unbranched alkanes of at least 4 members (excludes halogenated alkanes) is 2. The molecule has 0 aromatic heterocycles. The van der Waals surface area contributed by atoms with Crippen LogP contribution in [-0.4, -0.2) is 82.1 Å². The van der Waals surface area contributed by atoms with E-state index in [2.05, 4.69) is 11.8 Å². The number of ether oxygens (including phenoxy) is 5. The SMILES string of the molecule is CCCCN(CCCCN)C(=O)CN1CC(c2cc(OC)c3c(c2)OCO3)C[C@@H]1COc1ccccc1OC. The minimum Gasteiger partial charge on any atom is -0.493 e. The fourth-order valence-corrected chi connectivity index (χ4v) is 5.33. The molecule has 0 saturated carbocycles. The number of rotatable bonds is 15. The lowest BCUT2D eigenvalue weighted by Crippen LogP contribution is -2.44. The number of fused-ring (bicyclic) bond motifs is 1. The molecule has 2 aliphatic rings. The van der Waals surface area contributed by atoms with Crippen LogP contribution < -0.4 is 29.4 Å². The predicted octanol–water partition coefficient (Wildman–Crippen LogP) is 4.04. The topological polar surface area (TPSA) is 95.7 Å². The lowest BCUT2D eigenvalue weighted by Gasteiger charge is -2.28. The van der Waals surface area contributed by atoms with Crippen molar-refractivity contribution in [2.45, 2.75) is 51.0 Å². The number of likely N-dealkylation sites (tertiary alicyclic amines) is 1. The van der Waals surface area contributed by atoms with Crippen molar-refractivity contribution in [2.24, 2.45) is 5.73 Å². The van der Waals surface area contributed by atoms with Crippen LogP contribution in [0.25, 0.3) is 0 Å².